The maximum absolute atomic E-state index is 6.89. The lowest BCUT2D eigenvalue weighted by Crippen LogP contribution is -1.94. The van der Waals surface area contributed by atoms with Gasteiger partial charge < -0.3 is 13.4 Å². The SMILES string of the molecule is c1ccc(-c2ccc3c(c2)c2cc(-c4ccccc4)ccc2n3-c2cccc3c2oc2c3ccc3oc4ccccc4c32)cc1. The molecule has 0 N–H and O–H groups in total. The van der Waals surface area contributed by atoms with E-state index in [1.165, 1.54) is 33.0 Å². The van der Waals surface area contributed by atoms with Gasteiger partial charge in [-0.25, -0.2) is 0 Å². The maximum atomic E-state index is 6.89. The van der Waals surface area contributed by atoms with Crippen molar-refractivity contribution in [3.8, 4) is 27.9 Å². The molecule has 3 aromatic heterocycles. The predicted molar refractivity (Wildman–Crippen MR) is 186 cm³/mol. The Labute approximate surface area is 258 Å². The Balaban J connectivity index is 1.30. The Morgan fingerprint density at radius 1 is 0.356 bits per heavy atom. The van der Waals surface area contributed by atoms with Gasteiger partial charge in [0.15, 0.2) is 5.58 Å². The topological polar surface area (TPSA) is 31.2 Å². The van der Waals surface area contributed by atoms with Crippen LogP contribution < -0.4 is 0 Å². The number of benzene rings is 7. The lowest BCUT2D eigenvalue weighted by atomic mass is 10.0. The van der Waals surface area contributed by atoms with Crippen LogP contribution in [0.5, 0.6) is 0 Å². The van der Waals surface area contributed by atoms with Crippen molar-refractivity contribution in [3.63, 3.8) is 0 Å². The Hall–Kier alpha value is -6.06. The average molecular weight is 576 g/mol. The molecule has 3 heterocycles. The molecule has 10 aromatic rings. The third kappa shape index (κ3) is 3.52. The standard InChI is InChI=1S/C42H25NO2/c1-3-10-26(11-4-1)28-18-21-35-33(24-28)34-25-29(27-12-5-2-6-13-27)19-22-36(34)43(35)37-16-9-15-30-31-20-23-39-40(42(31)45-41(30)37)32-14-7-8-17-38(32)44-39/h1-25H. The highest BCUT2D eigenvalue weighted by molar-refractivity contribution is 6.23. The molecule has 210 valence electrons. The van der Waals surface area contributed by atoms with E-state index in [4.69, 9.17) is 8.83 Å². The van der Waals surface area contributed by atoms with Gasteiger partial charge in [0, 0.05) is 26.9 Å². The van der Waals surface area contributed by atoms with Gasteiger partial charge in [-0.15, -0.1) is 0 Å². The van der Waals surface area contributed by atoms with Crippen LogP contribution in [0.3, 0.4) is 0 Å². The summed E-state index contributed by atoms with van der Waals surface area (Å²) in [7, 11) is 0. The summed E-state index contributed by atoms with van der Waals surface area (Å²) in [6.45, 7) is 0. The fraction of sp³-hybridized carbons (Fsp3) is 0. The molecule has 3 heteroatoms. The molecule has 0 aliphatic carbocycles. The van der Waals surface area contributed by atoms with Crippen molar-refractivity contribution >= 4 is 65.7 Å². The largest absolute Gasteiger partial charge is 0.456 e. The van der Waals surface area contributed by atoms with Crippen LogP contribution in [0.15, 0.2) is 160 Å². The first-order chi connectivity index (χ1) is 22.3. The van der Waals surface area contributed by atoms with Gasteiger partial charge in [0.1, 0.15) is 16.7 Å². The van der Waals surface area contributed by atoms with Gasteiger partial charge in [-0.1, -0.05) is 103 Å². The van der Waals surface area contributed by atoms with E-state index in [2.05, 4.69) is 144 Å². The van der Waals surface area contributed by atoms with Crippen molar-refractivity contribution in [1.29, 1.82) is 0 Å². The van der Waals surface area contributed by atoms with E-state index in [9.17, 15) is 0 Å². The molecule has 0 aliphatic heterocycles. The maximum Gasteiger partial charge on any atom is 0.159 e. The zero-order valence-corrected chi connectivity index (χ0v) is 24.2. The van der Waals surface area contributed by atoms with Crippen molar-refractivity contribution in [2.24, 2.45) is 0 Å². The Kier molecular flexibility index (Phi) is 5.00. The summed E-state index contributed by atoms with van der Waals surface area (Å²) >= 11 is 0. The van der Waals surface area contributed by atoms with Gasteiger partial charge in [-0.2, -0.15) is 0 Å². The molecular formula is C42H25NO2. The van der Waals surface area contributed by atoms with Crippen LogP contribution in [0.1, 0.15) is 0 Å². The smallest absolute Gasteiger partial charge is 0.159 e. The van der Waals surface area contributed by atoms with Crippen LogP contribution in [-0.4, -0.2) is 4.57 Å². The number of rotatable bonds is 3. The van der Waals surface area contributed by atoms with Crippen molar-refractivity contribution in [3.05, 3.63) is 152 Å². The summed E-state index contributed by atoms with van der Waals surface area (Å²) in [4.78, 5) is 0. The second-order valence-electron chi connectivity index (χ2n) is 11.7. The molecule has 0 aliphatic rings. The monoisotopic (exact) mass is 575 g/mol. The second-order valence-corrected chi connectivity index (χ2v) is 11.7. The minimum absolute atomic E-state index is 0.836. The molecule has 0 fully saturated rings. The van der Waals surface area contributed by atoms with Crippen molar-refractivity contribution < 1.29 is 8.83 Å². The van der Waals surface area contributed by atoms with Crippen LogP contribution in [0.4, 0.5) is 0 Å². The summed E-state index contributed by atoms with van der Waals surface area (Å²) in [5.74, 6) is 0. The molecule has 0 spiro atoms. The third-order valence-electron chi connectivity index (χ3n) is 9.20. The Morgan fingerprint density at radius 2 is 0.956 bits per heavy atom. The number of hydrogen-bond donors (Lipinski definition) is 0. The van der Waals surface area contributed by atoms with Gasteiger partial charge in [-0.3, -0.25) is 0 Å². The summed E-state index contributed by atoms with van der Waals surface area (Å²) in [6, 6.07) is 53.7. The summed E-state index contributed by atoms with van der Waals surface area (Å²) in [5.41, 5.74) is 11.5. The summed E-state index contributed by atoms with van der Waals surface area (Å²) in [6.07, 6.45) is 0. The molecule has 3 nitrogen and oxygen atoms in total. The van der Waals surface area contributed by atoms with Crippen LogP contribution in [0.25, 0.3) is 93.6 Å². The summed E-state index contributed by atoms with van der Waals surface area (Å²) in [5, 5.41) is 6.68. The van der Waals surface area contributed by atoms with Gasteiger partial charge in [0.25, 0.3) is 0 Å². The molecule has 0 saturated carbocycles. The Morgan fingerprint density at radius 3 is 1.64 bits per heavy atom. The highest BCUT2D eigenvalue weighted by Crippen LogP contribution is 2.43. The quantitative estimate of drug-likeness (QED) is 0.210. The first-order valence-corrected chi connectivity index (χ1v) is 15.3. The molecule has 10 rings (SSSR count). The number of hydrogen-bond acceptors (Lipinski definition) is 2. The van der Waals surface area contributed by atoms with Gasteiger partial charge in [-0.05, 0) is 70.8 Å². The van der Waals surface area contributed by atoms with Crippen LogP contribution in [-0.2, 0) is 0 Å². The molecule has 0 radical (unpaired) electrons. The van der Waals surface area contributed by atoms with Crippen LogP contribution in [0, 0.1) is 0 Å². The van der Waals surface area contributed by atoms with E-state index in [0.717, 1.165) is 60.6 Å². The highest BCUT2D eigenvalue weighted by Gasteiger charge is 2.21. The highest BCUT2D eigenvalue weighted by atomic mass is 16.3. The van der Waals surface area contributed by atoms with E-state index in [-0.39, 0.29) is 0 Å². The van der Waals surface area contributed by atoms with E-state index >= 15 is 0 Å². The molecular weight excluding hydrogens is 550 g/mol. The van der Waals surface area contributed by atoms with E-state index in [1.54, 1.807) is 0 Å². The number of aromatic nitrogens is 1. The van der Waals surface area contributed by atoms with Crippen LogP contribution >= 0.6 is 0 Å². The van der Waals surface area contributed by atoms with Gasteiger partial charge in [0.05, 0.1) is 22.1 Å². The second kappa shape index (κ2) is 9.22. The number of furan rings is 2. The number of para-hydroxylation sites is 2. The predicted octanol–water partition coefficient (Wildman–Crippen LogP) is 11.9. The first kappa shape index (κ1) is 24.4. The van der Waals surface area contributed by atoms with Crippen molar-refractivity contribution in [2.45, 2.75) is 0 Å². The zero-order chi connectivity index (χ0) is 29.5. The zero-order valence-electron chi connectivity index (χ0n) is 24.2. The molecule has 0 amide bonds. The van der Waals surface area contributed by atoms with Gasteiger partial charge >= 0.3 is 0 Å². The number of nitrogens with zero attached hydrogens (tertiary/aromatic N) is 1. The van der Waals surface area contributed by atoms with E-state index < -0.39 is 0 Å². The first-order valence-electron chi connectivity index (χ1n) is 15.3. The average Bonchev–Trinajstić information content (AvgIpc) is 3.78. The summed E-state index contributed by atoms with van der Waals surface area (Å²) < 4.78 is 15.5. The lowest BCUT2D eigenvalue weighted by molar-refractivity contribution is 0.661. The molecule has 0 atom stereocenters. The molecule has 0 saturated heterocycles. The van der Waals surface area contributed by atoms with E-state index in [1.807, 2.05) is 12.1 Å². The molecule has 7 aromatic carbocycles. The lowest BCUT2D eigenvalue weighted by Gasteiger charge is -2.09. The molecule has 0 unspecified atom stereocenters. The number of fused-ring (bicyclic) bond motifs is 10. The third-order valence-corrected chi connectivity index (χ3v) is 9.20. The minimum atomic E-state index is 0.836. The van der Waals surface area contributed by atoms with Crippen molar-refractivity contribution in [2.75, 3.05) is 0 Å². The van der Waals surface area contributed by atoms with Crippen LogP contribution in [0.2, 0.25) is 0 Å². The molecule has 0 bridgehead atoms. The van der Waals surface area contributed by atoms with Crippen molar-refractivity contribution in [1.82, 2.24) is 4.57 Å². The normalized spacial score (nSPS) is 12.0. The fourth-order valence-corrected chi connectivity index (χ4v) is 7.13. The van der Waals surface area contributed by atoms with Gasteiger partial charge in [0.2, 0.25) is 0 Å². The Bertz CT molecular complexity index is 2650. The fourth-order valence-electron chi connectivity index (χ4n) is 7.13. The minimum Gasteiger partial charge on any atom is -0.456 e. The molecule has 45 heavy (non-hydrogen) atoms. The van der Waals surface area contributed by atoms with E-state index in [0.29, 0.717) is 0 Å².